The summed E-state index contributed by atoms with van der Waals surface area (Å²) in [5, 5.41) is 3.50. The third kappa shape index (κ3) is 1.89. The van der Waals surface area contributed by atoms with Gasteiger partial charge in [-0.1, -0.05) is 52.0 Å². The maximum atomic E-state index is 3.50. The van der Waals surface area contributed by atoms with Crippen LogP contribution in [0.4, 0.5) is 0 Å². The Balaban J connectivity index is 0.000000574. The van der Waals surface area contributed by atoms with Crippen LogP contribution in [0, 0.1) is 5.92 Å². The largest absolute Gasteiger partial charge is 0.317 e. The van der Waals surface area contributed by atoms with E-state index in [-0.39, 0.29) is 0 Å². The molecule has 3 rings (SSSR count). The minimum atomic E-state index is 0.473. The molecule has 2 unspecified atom stereocenters. The van der Waals surface area contributed by atoms with Gasteiger partial charge in [0.25, 0.3) is 0 Å². The third-order valence-electron chi connectivity index (χ3n) is 5.11. The highest BCUT2D eigenvalue weighted by atomic mass is 14.9. The summed E-state index contributed by atoms with van der Waals surface area (Å²) in [6.07, 6.45) is 2.63. The summed E-state index contributed by atoms with van der Waals surface area (Å²) >= 11 is 0. The molecule has 1 heterocycles. The first kappa shape index (κ1) is 13.6. The van der Waals surface area contributed by atoms with Gasteiger partial charge in [-0.3, -0.25) is 0 Å². The molecule has 18 heavy (non-hydrogen) atoms. The van der Waals surface area contributed by atoms with Gasteiger partial charge in [0, 0.05) is 5.41 Å². The Bertz CT molecular complexity index is 390. The van der Waals surface area contributed by atoms with Crippen molar-refractivity contribution in [2.75, 3.05) is 13.1 Å². The first-order valence-corrected chi connectivity index (χ1v) is 7.56. The molecule has 0 amide bonds. The van der Waals surface area contributed by atoms with Gasteiger partial charge in [-0.05, 0) is 48.9 Å². The summed E-state index contributed by atoms with van der Waals surface area (Å²) in [5.41, 5.74) is 3.73. The van der Waals surface area contributed by atoms with E-state index < -0.39 is 0 Å². The minimum Gasteiger partial charge on any atom is -0.317 e. The molecule has 1 aliphatic heterocycles. The molecule has 1 spiro atoms. The lowest BCUT2D eigenvalue weighted by Crippen LogP contribution is -2.42. The lowest BCUT2D eigenvalue weighted by Gasteiger charge is -2.39. The van der Waals surface area contributed by atoms with E-state index in [1.54, 1.807) is 11.1 Å². The van der Waals surface area contributed by atoms with Crippen molar-refractivity contribution < 1.29 is 0 Å². The molecule has 1 N–H and O–H groups in total. The van der Waals surface area contributed by atoms with Crippen LogP contribution in [0.15, 0.2) is 24.3 Å². The van der Waals surface area contributed by atoms with E-state index >= 15 is 0 Å². The molecule has 1 saturated heterocycles. The first-order chi connectivity index (χ1) is 8.76. The quantitative estimate of drug-likeness (QED) is 0.726. The van der Waals surface area contributed by atoms with E-state index in [4.69, 9.17) is 0 Å². The number of benzene rings is 1. The van der Waals surface area contributed by atoms with E-state index in [1.807, 2.05) is 13.8 Å². The molecule has 1 aliphatic carbocycles. The fraction of sp³-hybridized carbons (Fsp3) is 0.647. The highest BCUT2D eigenvalue weighted by molar-refractivity contribution is 5.44. The molecule has 1 fully saturated rings. The highest BCUT2D eigenvalue weighted by Gasteiger charge is 2.47. The molecule has 0 bridgehead atoms. The topological polar surface area (TPSA) is 12.0 Å². The average molecular weight is 245 g/mol. The summed E-state index contributed by atoms with van der Waals surface area (Å²) in [6, 6.07) is 9.13. The van der Waals surface area contributed by atoms with Crippen LogP contribution in [-0.2, 0) is 5.41 Å². The van der Waals surface area contributed by atoms with Gasteiger partial charge in [0.05, 0.1) is 0 Å². The highest BCUT2D eigenvalue weighted by Crippen LogP contribution is 2.54. The molecule has 0 radical (unpaired) electrons. The SMILES string of the molecule is CC.CC1c2ccccc2C2(CCNCC2)C1C. The summed E-state index contributed by atoms with van der Waals surface area (Å²) in [7, 11) is 0. The van der Waals surface area contributed by atoms with E-state index in [0.29, 0.717) is 5.41 Å². The van der Waals surface area contributed by atoms with Crippen molar-refractivity contribution in [1.29, 1.82) is 0 Å². The maximum Gasteiger partial charge on any atom is 0.00113 e. The number of rotatable bonds is 0. The zero-order valence-electron chi connectivity index (χ0n) is 12.3. The van der Waals surface area contributed by atoms with Crippen LogP contribution < -0.4 is 5.32 Å². The van der Waals surface area contributed by atoms with Crippen molar-refractivity contribution >= 4 is 0 Å². The van der Waals surface area contributed by atoms with Gasteiger partial charge in [0.1, 0.15) is 0 Å². The van der Waals surface area contributed by atoms with Crippen molar-refractivity contribution in [3.63, 3.8) is 0 Å². The van der Waals surface area contributed by atoms with Crippen LogP contribution in [-0.4, -0.2) is 13.1 Å². The Morgan fingerprint density at radius 3 is 2.33 bits per heavy atom. The fourth-order valence-electron chi connectivity index (χ4n) is 3.94. The number of piperidine rings is 1. The predicted molar refractivity (Wildman–Crippen MR) is 79.2 cm³/mol. The summed E-state index contributed by atoms with van der Waals surface area (Å²) in [5.74, 6) is 1.53. The molecular formula is C17H27N. The molecule has 1 aromatic carbocycles. The molecular weight excluding hydrogens is 218 g/mol. The maximum absolute atomic E-state index is 3.50. The number of fused-ring (bicyclic) bond motifs is 2. The van der Waals surface area contributed by atoms with Gasteiger partial charge in [-0.25, -0.2) is 0 Å². The van der Waals surface area contributed by atoms with Crippen molar-refractivity contribution in [3.8, 4) is 0 Å². The number of hydrogen-bond acceptors (Lipinski definition) is 1. The zero-order chi connectivity index (χ0) is 13.2. The fourth-order valence-corrected chi connectivity index (χ4v) is 3.94. The Labute approximate surface area is 112 Å². The van der Waals surface area contributed by atoms with Crippen molar-refractivity contribution in [2.24, 2.45) is 5.92 Å². The molecule has 0 aromatic heterocycles. The summed E-state index contributed by atoms with van der Waals surface area (Å²) in [4.78, 5) is 0. The van der Waals surface area contributed by atoms with Crippen molar-refractivity contribution in [1.82, 2.24) is 5.32 Å². The van der Waals surface area contributed by atoms with Crippen LogP contribution in [0.25, 0.3) is 0 Å². The Hall–Kier alpha value is -0.820. The van der Waals surface area contributed by atoms with Crippen LogP contribution in [0.3, 0.4) is 0 Å². The third-order valence-corrected chi connectivity index (χ3v) is 5.11. The Kier molecular flexibility index (Phi) is 4.11. The molecule has 1 nitrogen and oxygen atoms in total. The van der Waals surface area contributed by atoms with E-state index in [1.165, 1.54) is 25.9 Å². The second-order valence-electron chi connectivity index (χ2n) is 5.57. The second kappa shape index (κ2) is 5.44. The van der Waals surface area contributed by atoms with Crippen LogP contribution in [0.1, 0.15) is 57.6 Å². The summed E-state index contributed by atoms with van der Waals surface area (Å²) < 4.78 is 0. The molecule has 1 heteroatoms. The lowest BCUT2D eigenvalue weighted by atomic mass is 9.68. The Morgan fingerprint density at radius 2 is 1.67 bits per heavy atom. The van der Waals surface area contributed by atoms with Gasteiger partial charge < -0.3 is 5.32 Å². The standard InChI is InChI=1S/C15H21N.C2H6/c1-11-12(2)15(7-9-16-10-8-15)14-6-4-3-5-13(11)14;1-2/h3-6,11-12,16H,7-10H2,1-2H3;1-2H3. The molecule has 2 aliphatic rings. The van der Waals surface area contributed by atoms with E-state index in [2.05, 4.69) is 43.4 Å². The number of hydrogen-bond donors (Lipinski definition) is 1. The molecule has 100 valence electrons. The van der Waals surface area contributed by atoms with Gasteiger partial charge in [-0.2, -0.15) is 0 Å². The molecule has 1 aromatic rings. The normalized spacial score (nSPS) is 28.4. The monoisotopic (exact) mass is 245 g/mol. The van der Waals surface area contributed by atoms with Crippen molar-refractivity contribution in [3.05, 3.63) is 35.4 Å². The second-order valence-corrected chi connectivity index (χ2v) is 5.57. The van der Waals surface area contributed by atoms with Gasteiger partial charge in [0.15, 0.2) is 0 Å². The first-order valence-electron chi connectivity index (χ1n) is 7.56. The smallest absolute Gasteiger partial charge is 0.00113 e. The van der Waals surface area contributed by atoms with E-state index in [0.717, 1.165) is 11.8 Å². The zero-order valence-corrected chi connectivity index (χ0v) is 12.3. The predicted octanol–water partition coefficient (Wildman–Crippen LogP) is 4.09. The van der Waals surface area contributed by atoms with Crippen LogP contribution in [0.2, 0.25) is 0 Å². The molecule has 2 atom stereocenters. The van der Waals surface area contributed by atoms with E-state index in [9.17, 15) is 0 Å². The average Bonchev–Trinajstić information content (AvgIpc) is 2.66. The minimum absolute atomic E-state index is 0.473. The van der Waals surface area contributed by atoms with Crippen molar-refractivity contribution in [2.45, 2.75) is 51.9 Å². The van der Waals surface area contributed by atoms with Crippen LogP contribution in [0.5, 0.6) is 0 Å². The lowest BCUT2D eigenvalue weighted by molar-refractivity contribution is 0.218. The van der Waals surface area contributed by atoms with Gasteiger partial charge >= 0.3 is 0 Å². The van der Waals surface area contributed by atoms with Crippen LogP contribution >= 0.6 is 0 Å². The van der Waals surface area contributed by atoms with Gasteiger partial charge in [0.2, 0.25) is 0 Å². The summed E-state index contributed by atoms with van der Waals surface area (Å²) in [6.45, 7) is 11.2. The van der Waals surface area contributed by atoms with Gasteiger partial charge in [-0.15, -0.1) is 0 Å². The number of nitrogens with one attached hydrogen (secondary N) is 1. The molecule has 0 saturated carbocycles. The Morgan fingerprint density at radius 1 is 1.06 bits per heavy atom.